The zero-order valence-electron chi connectivity index (χ0n) is 15.4. The van der Waals surface area contributed by atoms with Crippen LogP contribution in [-0.4, -0.2) is 55.1 Å². The number of para-hydroxylation sites is 1. The van der Waals surface area contributed by atoms with E-state index in [4.69, 9.17) is 0 Å². The van der Waals surface area contributed by atoms with Crippen LogP contribution in [0.3, 0.4) is 0 Å². The molecule has 0 N–H and O–H groups in total. The number of carbonyl (C=O) groups excluding carboxylic acids is 3. The average Bonchev–Trinajstić information content (AvgIpc) is 3.15. The number of imide groups is 1. The summed E-state index contributed by atoms with van der Waals surface area (Å²) < 4.78 is 23.9. The number of allylic oxidation sites excluding steroid dienone is 2. The fraction of sp³-hybridized carbons (Fsp3) is 0.450. The molecular weight excluding hydrogens is 380 g/mol. The Hall–Kier alpha value is -2.48. The quantitative estimate of drug-likeness (QED) is 0.557. The molecule has 2 aliphatic heterocycles. The van der Waals surface area contributed by atoms with Crippen LogP contribution in [0.15, 0.2) is 42.5 Å². The van der Waals surface area contributed by atoms with E-state index in [1.165, 1.54) is 4.90 Å². The van der Waals surface area contributed by atoms with Crippen molar-refractivity contribution in [2.24, 2.45) is 11.8 Å². The van der Waals surface area contributed by atoms with Crippen LogP contribution in [0, 0.1) is 11.8 Å². The van der Waals surface area contributed by atoms with Gasteiger partial charge in [-0.2, -0.15) is 0 Å². The fourth-order valence-electron chi connectivity index (χ4n) is 4.36. The Morgan fingerprint density at radius 3 is 2.18 bits per heavy atom. The molecule has 1 aromatic carbocycles. The number of nitrogens with zero attached hydrogens (tertiary/aromatic N) is 2. The molecule has 0 unspecified atom stereocenters. The van der Waals surface area contributed by atoms with Gasteiger partial charge in [0.2, 0.25) is 17.7 Å². The summed E-state index contributed by atoms with van der Waals surface area (Å²) in [6, 6.07) is 8.33. The van der Waals surface area contributed by atoms with Crippen molar-refractivity contribution in [2.45, 2.75) is 25.3 Å². The SMILES string of the molecule is O=C1[C@H]2CC=CC[C@H]2C(=O)N1CC(=O)N(c1ccccc1)[C@H]1CCS(=O)(=O)C1. The van der Waals surface area contributed by atoms with E-state index in [1.807, 2.05) is 18.2 Å². The highest BCUT2D eigenvalue weighted by molar-refractivity contribution is 7.91. The molecule has 2 saturated heterocycles. The molecule has 0 radical (unpaired) electrons. The van der Waals surface area contributed by atoms with Gasteiger partial charge in [0.1, 0.15) is 6.54 Å². The first-order valence-electron chi connectivity index (χ1n) is 9.45. The average molecular weight is 402 g/mol. The van der Waals surface area contributed by atoms with Crippen LogP contribution in [0.2, 0.25) is 0 Å². The van der Waals surface area contributed by atoms with E-state index in [9.17, 15) is 22.8 Å². The molecule has 3 amide bonds. The lowest BCUT2D eigenvalue weighted by Gasteiger charge is -2.30. The monoisotopic (exact) mass is 402 g/mol. The number of fused-ring (bicyclic) bond motifs is 1. The summed E-state index contributed by atoms with van der Waals surface area (Å²) in [5.74, 6) is -1.89. The van der Waals surface area contributed by atoms with Crippen molar-refractivity contribution < 1.29 is 22.8 Å². The van der Waals surface area contributed by atoms with Crippen molar-refractivity contribution in [2.75, 3.05) is 23.0 Å². The Morgan fingerprint density at radius 1 is 1.04 bits per heavy atom. The van der Waals surface area contributed by atoms with E-state index >= 15 is 0 Å². The van der Waals surface area contributed by atoms with Crippen LogP contribution < -0.4 is 4.90 Å². The molecule has 0 aromatic heterocycles. The number of rotatable bonds is 4. The number of sulfone groups is 1. The van der Waals surface area contributed by atoms with Crippen molar-refractivity contribution in [3.63, 3.8) is 0 Å². The summed E-state index contributed by atoms with van der Waals surface area (Å²) in [6.07, 6.45) is 5.18. The molecule has 28 heavy (non-hydrogen) atoms. The van der Waals surface area contributed by atoms with E-state index in [0.717, 1.165) is 4.90 Å². The normalized spacial score (nSPS) is 28.4. The van der Waals surface area contributed by atoms with E-state index in [2.05, 4.69) is 0 Å². The summed E-state index contributed by atoms with van der Waals surface area (Å²) in [5.41, 5.74) is 0.577. The smallest absolute Gasteiger partial charge is 0.247 e. The number of benzene rings is 1. The van der Waals surface area contributed by atoms with Gasteiger partial charge in [0.25, 0.3) is 0 Å². The maximum absolute atomic E-state index is 13.2. The first kappa shape index (κ1) is 18.9. The van der Waals surface area contributed by atoms with Gasteiger partial charge in [-0.05, 0) is 31.4 Å². The highest BCUT2D eigenvalue weighted by Crippen LogP contribution is 2.35. The number of anilines is 1. The number of likely N-dealkylation sites (tertiary alicyclic amines) is 1. The first-order chi connectivity index (χ1) is 13.4. The summed E-state index contributed by atoms with van der Waals surface area (Å²) in [6.45, 7) is -0.351. The summed E-state index contributed by atoms with van der Waals surface area (Å²) >= 11 is 0. The van der Waals surface area contributed by atoms with Crippen LogP contribution in [0.25, 0.3) is 0 Å². The second-order valence-corrected chi connectivity index (χ2v) is 9.80. The topological polar surface area (TPSA) is 91.8 Å². The van der Waals surface area contributed by atoms with Gasteiger partial charge in [0.15, 0.2) is 9.84 Å². The van der Waals surface area contributed by atoms with Crippen LogP contribution in [0.1, 0.15) is 19.3 Å². The Labute approximate surface area is 163 Å². The van der Waals surface area contributed by atoms with Crippen LogP contribution in [-0.2, 0) is 24.2 Å². The molecule has 0 saturated carbocycles. The van der Waals surface area contributed by atoms with Gasteiger partial charge >= 0.3 is 0 Å². The molecule has 2 heterocycles. The summed E-state index contributed by atoms with van der Waals surface area (Å²) in [7, 11) is -3.20. The fourth-order valence-corrected chi connectivity index (χ4v) is 6.06. The molecule has 148 valence electrons. The number of hydrogen-bond donors (Lipinski definition) is 0. The summed E-state index contributed by atoms with van der Waals surface area (Å²) in [4.78, 5) is 41.0. The molecule has 8 heteroatoms. The predicted molar refractivity (Wildman–Crippen MR) is 103 cm³/mol. The lowest BCUT2D eigenvalue weighted by Crippen LogP contribution is -2.48. The van der Waals surface area contributed by atoms with Gasteiger partial charge in [-0.25, -0.2) is 8.42 Å². The van der Waals surface area contributed by atoms with Crippen LogP contribution in [0.5, 0.6) is 0 Å². The van der Waals surface area contributed by atoms with Crippen molar-refractivity contribution >= 4 is 33.2 Å². The van der Waals surface area contributed by atoms with E-state index in [0.29, 0.717) is 24.9 Å². The van der Waals surface area contributed by atoms with Crippen LogP contribution >= 0.6 is 0 Å². The molecule has 3 atom stereocenters. The Bertz CT molecular complexity index is 915. The molecular formula is C20H22N2O5S. The second kappa shape index (κ2) is 7.16. The Morgan fingerprint density at radius 2 is 1.64 bits per heavy atom. The van der Waals surface area contributed by atoms with Gasteiger partial charge in [-0.1, -0.05) is 30.4 Å². The molecule has 1 aromatic rings. The summed E-state index contributed by atoms with van der Waals surface area (Å²) in [5, 5.41) is 0. The zero-order valence-corrected chi connectivity index (χ0v) is 16.2. The minimum atomic E-state index is -3.20. The third-order valence-corrected chi connectivity index (χ3v) is 7.52. The number of amides is 3. The predicted octanol–water partition coefficient (Wildman–Crippen LogP) is 1.16. The van der Waals surface area contributed by atoms with Gasteiger partial charge in [-0.15, -0.1) is 0 Å². The molecule has 0 bridgehead atoms. The second-order valence-electron chi connectivity index (χ2n) is 7.57. The highest BCUT2D eigenvalue weighted by atomic mass is 32.2. The Balaban J connectivity index is 1.58. The van der Waals surface area contributed by atoms with Gasteiger partial charge in [-0.3, -0.25) is 19.3 Å². The number of hydrogen-bond acceptors (Lipinski definition) is 5. The maximum atomic E-state index is 13.2. The van der Waals surface area contributed by atoms with Crippen molar-refractivity contribution in [3.8, 4) is 0 Å². The zero-order chi connectivity index (χ0) is 19.9. The number of carbonyl (C=O) groups is 3. The molecule has 0 spiro atoms. The Kier molecular flexibility index (Phi) is 4.82. The minimum absolute atomic E-state index is 0.0334. The largest absolute Gasteiger partial charge is 0.307 e. The van der Waals surface area contributed by atoms with Gasteiger partial charge in [0, 0.05) is 5.69 Å². The third-order valence-electron chi connectivity index (χ3n) is 5.77. The standard InChI is InChI=1S/C20H22N2O5S/c23-18(12-21-19(24)16-8-4-5-9-17(16)20(21)25)22(14-6-2-1-3-7-14)15-10-11-28(26,27)13-15/h1-7,15-17H,8-13H2/t15-,16-,17+/m0/s1. The molecule has 3 aliphatic rings. The lowest BCUT2D eigenvalue weighted by molar-refractivity contribution is -0.143. The third kappa shape index (κ3) is 3.37. The highest BCUT2D eigenvalue weighted by Gasteiger charge is 2.48. The van der Waals surface area contributed by atoms with Crippen LogP contribution in [0.4, 0.5) is 5.69 Å². The van der Waals surface area contributed by atoms with Crippen molar-refractivity contribution in [1.29, 1.82) is 0 Å². The van der Waals surface area contributed by atoms with Gasteiger partial charge in [0.05, 0.1) is 29.4 Å². The first-order valence-corrected chi connectivity index (χ1v) is 11.3. The molecule has 2 fully saturated rings. The minimum Gasteiger partial charge on any atom is -0.307 e. The van der Waals surface area contributed by atoms with Crippen molar-refractivity contribution in [1.82, 2.24) is 4.90 Å². The molecule has 1 aliphatic carbocycles. The van der Waals surface area contributed by atoms with Gasteiger partial charge < -0.3 is 4.90 Å². The molecule has 4 rings (SSSR count). The van der Waals surface area contributed by atoms with E-state index in [1.54, 1.807) is 24.3 Å². The van der Waals surface area contributed by atoms with E-state index in [-0.39, 0.29) is 41.7 Å². The van der Waals surface area contributed by atoms with Crippen molar-refractivity contribution in [3.05, 3.63) is 42.5 Å². The molecule has 7 nitrogen and oxygen atoms in total. The maximum Gasteiger partial charge on any atom is 0.247 e. The lowest BCUT2D eigenvalue weighted by atomic mass is 9.85. The van der Waals surface area contributed by atoms with E-state index < -0.39 is 21.8 Å².